The monoisotopic (exact) mass is 433 g/mol. The van der Waals surface area contributed by atoms with Crippen molar-refractivity contribution in [3.63, 3.8) is 0 Å². The van der Waals surface area contributed by atoms with Gasteiger partial charge in [0.05, 0.1) is 6.07 Å². The molecular formula is C23H32ClNO3Si. The number of allylic oxidation sites excluding steroid dienone is 1. The molecule has 29 heavy (non-hydrogen) atoms. The van der Waals surface area contributed by atoms with Crippen molar-refractivity contribution in [1.82, 2.24) is 0 Å². The van der Waals surface area contributed by atoms with Crippen LogP contribution in [0.3, 0.4) is 0 Å². The van der Waals surface area contributed by atoms with Gasteiger partial charge in [-0.05, 0) is 68.5 Å². The molecule has 0 spiro atoms. The molecule has 0 bridgehead atoms. The Morgan fingerprint density at radius 1 is 1.24 bits per heavy atom. The molecule has 0 N–H and O–H groups in total. The molecule has 4 nitrogen and oxygen atoms in total. The van der Waals surface area contributed by atoms with Crippen molar-refractivity contribution < 1.29 is 14.0 Å². The van der Waals surface area contributed by atoms with Gasteiger partial charge in [-0.3, -0.25) is 9.59 Å². The number of Topliss-reactive ketones (excluding diaryl/α,β-unsaturated/α-hetero) is 1. The van der Waals surface area contributed by atoms with Crippen molar-refractivity contribution in [2.45, 2.75) is 77.5 Å². The summed E-state index contributed by atoms with van der Waals surface area (Å²) in [6, 6.07) is 2.54. The third-order valence-corrected chi connectivity index (χ3v) is 12.2. The van der Waals surface area contributed by atoms with E-state index < -0.39 is 19.3 Å². The fraction of sp³-hybridized carbons (Fsp3) is 0.783. The summed E-state index contributed by atoms with van der Waals surface area (Å²) >= 11 is 6.18. The highest BCUT2D eigenvalue weighted by atomic mass is 35.5. The molecule has 3 saturated carbocycles. The Bertz CT molecular complexity index is 832. The lowest BCUT2D eigenvalue weighted by Crippen LogP contribution is -2.60. The molecule has 0 amide bonds. The molecule has 0 radical (unpaired) electrons. The Labute approximate surface area is 180 Å². The van der Waals surface area contributed by atoms with E-state index in [4.69, 9.17) is 16.0 Å². The highest BCUT2D eigenvalue weighted by molar-refractivity contribution is 6.77. The highest BCUT2D eigenvalue weighted by Crippen LogP contribution is 2.67. The van der Waals surface area contributed by atoms with Crippen molar-refractivity contribution >= 4 is 31.5 Å². The van der Waals surface area contributed by atoms with E-state index in [1.165, 1.54) is 5.57 Å². The number of rotatable bonds is 3. The summed E-state index contributed by atoms with van der Waals surface area (Å²) < 4.78 is 6.57. The number of alkyl halides is 1. The Kier molecular flexibility index (Phi) is 4.97. The van der Waals surface area contributed by atoms with Gasteiger partial charge in [0.15, 0.2) is 5.78 Å². The average Bonchev–Trinajstić information content (AvgIpc) is 2.93. The number of carbonyl (C=O) groups excluding carboxylic acids is 2. The number of ketones is 2. The maximum Gasteiger partial charge on any atom is 0.203 e. The number of fused-ring (bicyclic) bond motifs is 5. The van der Waals surface area contributed by atoms with Gasteiger partial charge in [0.1, 0.15) is 11.4 Å². The number of halogens is 1. The molecule has 0 unspecified atom stereocenters. The van der Waals surface area contributed by atoms with Crippen LogP contribution in [0.2, 0.25) is 13.1 Å². The number of nitrogens with zero attached hydrogens (tertiary/aromatic N) is 1. The van der Waals surface area contributed by atoms with Gasteiger partial charge in [0.25, 0.3) is 0 Å². The number of carbonyl (C=O) groups is 2. The maximum atomic E-state index is 13.7. The minimum Gasteiger partial charge on any atom is -0.398 e. The summed E-state index contributed by atoms with van der Waals surface area (Å²) in [5.41, 5.74) is 0.0552. The van der Waals surface area contributed by atoms with Gasteiger partial charge in [-0.1, -0.05) is 19.4 Å². The quantitative estimate of drug-likeness (QED) is 0.466. The Balaban J connectivity index is 1.73. The Morgan fingerprint density at radius 2 is 1.97 bits per heavy atom. The summed E-state index contributed by atoms with van der Waals surface area (Å²) in [7, 11) is -2.19. The number of hydrogen-bond acceptors (Lipinski definition) is 4. The zero-order valence-electron chi connectivity index (χ0n) is 18.0. The highest BCUT2D eigenvalue weighted by Gasteiger charge is 2.68. The molecule has 6 heteroatoms. The average molecular weight is 434 g/mol. The Hall–Kier alpha value is -0.963. The van der Waals surface area contributed by atoms with Crippen molar-refractivity contribution in [2.24, 2.45) is 28.6 Å². The summed E-state index contributed by atoms with van der Waals surface area (Å²) in [6.07, 6.45) is 6.99. The third-order valence-electron chi connectivity index (χ3n) is 8.73. The summed E-state index contributed by atoms with van der Waals surface area (Å²) in [6.45, 7) is 8.44. The molecule has 0 aromatic heterocycles. The van der Waals surface area contributed by atoms with Crippen molar-refractivity contribution in [1.29, 1.82) is 5.26 Å². The van der Waals surface area contributed by atoms with E-state index in [1.807, 2.05) is 6.08 Å². The predicted octanol–water partition coefficient (Wildman–Crippen LogP) is 4.96. The van der Waals surface area contributed by atoms with Crippen LogP contribution in [0.4, 0.5) is 0 Å². The van der Waals surface area contributed by atoms with E-state index in [-0.39, 0.29) is 28.8 Å². The fourth-order valence-corrected chi connectivity index (χ4v) is 8.79. The van der Waals surface area contributed by atoms with Crippen LogP contribution in [-0.4, -0.2) is 31.0 Å². The molecule has 158 valence electrons. The van der Waals surface area contributed by atoms with Gasteiger partial charge in [-0.15, -0.1) is 11.6 Å². The lowest BCUT2D eigenvalue weighted by molar-refractivity contribution is -0.152. The minimum absolute atomic E-state index is 0.0264. The van der Waals surface area contributed by atoms with Crippen LogP contribution in [0.15, 0.2) is 11.6 Å². The molecule has 4 rings (SSSR count). The lowest BCUT2D eigenvalue weighted by atomic mass is 9.46. The minimum atomic E-state index is -2.19. The van der Waals surface area contributed by atoms with E-state index in [1.54, 1.807) is 0 Å². The largest absolute Gasteiger partial charge is 0.398 e. The molecule has 3 fully saturated rings. The molecule has 0 aromatic rings. The molecule has 4 aliphatic rings. The SMILES string of the molecule is C[C@]12CCC(=O)C=C1CC[C@@H]1[C@@H]2C(=O)C[C@@]2(C)[C@H]1CC[C@@]2(C#N)O[Si](C)(C)CCl. The molecule has 0 aromatic carbocycles. The van der Waals surface area contributed by atoms with Gasteiger partial charge in [-0.2, -0.15) is 5.26 Å². The first kappa shape index (κ1) is 21.3. The van der Waals surface area contributed by atoms with Crippen LogP contribution < -0.4 is 0 Å². The van der Waals surface area contributed by atoms with Crippen LogP contribution >= 0.6 is 11.6 Å². The second-order valence-corrected chi connectivity index (χ2v) is 15.7. The predicted molar refractivity (Wildman–Crippen MR) is 115 cm³/mol. The topological polar surface area (TPSA) is 67.2 Å². The van der Waals surface area contributed by atoms with Gasteiger partial charge in [0.2, 0.25) is 8.32 Å². The van der Waals surface area contributed by atoms with Gasteiger partial charge >= 0.3 is 0 Å². The van der Waals surface area contributed by atoms with Crippen LogP contribution in [0.5, 0.6) is 0 Å². The summed E-state index contributed by atoms with van der Waals surface area (Å²) in [5, 5.41) is 10.3. The second kappa shape index (κ2) is 6.77. The summed E-state index contributed by atoms with van der Waals surface area (Å²) in [4.78, 5) is 25.7. The summed E-state index contributed by atoms with van der Waals surface area (Å²) in [5.74, 6) is 1.03. The van der Waals surface area contributed by atoms with Crippen molar-refractivity contribution in [2.75, 3.05) is 5.50 Å². The molecule has 4 aliphatic carbocycles. The van der Waals surface area contributed by atoms with Gasteiger partial charge in [-0.25, -0.2) is 0 Å². The van der Waals surface area contributed by atoms with E-state index in [2.05, 4.69) is 33.0 Å². The van der Waals surface area contributed by atoms with Crippen LogP contribution in [0.1, 0.15) is 58.8 Å². The number of nitriles is 1. The molecule has 0 heterocycles. The van der Waals surface area contributed by atoms with Crippen LogP contribution in [0, 0.1) is 39.9 Å². The fourth-order valence-electron chi connectivity index (χ4n) is 7.24. The molecule has 0 aliphatic heterocycles. The zero-order valence-corrected chi connectivity index (χ0v) is 19.8. The molecular weight excluding hydrogens is 402 g/mol. The lowest BCUT2D eigenvalue weighted by Gasteiger charge is -2.58. The van der Waals surface area contributed by atoms with E-state index in [0.29, 0.717) is 30.7 Å². The maximum absolute atomic E-state index is 13.7. The second-order valence-electron chi connectivity index (χ2n) is 10.9. The Morgan fingerprint density at radius 3 is 2.62 bits per heavy atom. The van der Waals surface area contributed by atoms with Crippen molar-refractivity contribution in [3.8, 4) is 6.07 Å². The molecule has 0 saturated heterocycles. The van der Waals surface area contributed by atoms with Gasteiger partial charge < -0.3 is 4.43 Å². The van der Waals surface area contributed by atoms with E-state index in [0.717, 1.165) is 25.7 Å². The van der Waals surface area contributed by atoms with Crippen LogP contribution in [-0.2, 0) is 14.0 Å². The van der Waals surface area contributed by atoms with E-state index >= 15 is 0 Å². The van der Waals surface area contributed by atoms with Gasteiger partial charge in [0, 0.05) is 29.7 Å². The van der Waals surface area contributed by atoms with Crippen LogP contribution in [0.25, 0.3) is 0 Å². The standard InChI is InChI=1S/C23H32ClNO3Si/c1-21-9-7-16(26)11-15(21)5-6-17-18-8-10-23(13-25,28-29(3,4)14-24)22(18,2)12-19(27)20(17)21/h11,17-18,20H,5-10,12,14H2,1-4H3/t17-,18-,20+,21-,22-,23-/m0/s1. The van der Waals surface area contributed by atoms with Crippen molar-refractivity contribution in [3.05, 3.63) is 11.6 Å². The normalized spacial score (nSPS) is 44.4. The first-order chi connectivity index (χ1) is 13.5. The molecule has 6 atom stereocenters. The first-order valence-corrected chi connectivity index (χ1v) is 14.6. The van der Waals surface area contributed by atoms with E-state index in [9.17, 15) is 14.9 Å². The zero-order chi connectivity index (χ0) is 21.2. The smallest absolute Gasteiger partial charge is 0.203 e. The number of hydrogen-bond donors (Lipinski definition) is 0. The third kappa shape index (κ3) is 2.93. The first-order valence-electron chi connectivity index (χ1n) is 11.0.